The first-order valence-corrected chi connectivity index (χ1v) is 13.0. The Morgan fingerprint density at radius 2 is 1.91 bits per heavy atom. The highest BCUT2D eigenvalue weighted by atomic mass is 32.1. The molecule has 0 saturated carbocycles. The van der Waals surface area contributed by atoms with Crippen LogP contribution in [0, 0.1) is 6.92 Å². The molecule has 4 rings (SSSR count). The lowest BCUT2D eigenvalue weighted by Gasteiger charge is -2.27. The van der Waals surface area contributed by atoms with E-state index in [1.54, 1.807) is 0 Å². The second kappa shape index (κ2) is 11.4. The number of piperidine rings is 1. The van der Waals surface area contributed by atoms with Gasteiger partial charge in [0.15, 0.2) is 5.13 Å². The van der Waals surface area contributed by atoms with Crippen LogP contribution in [0.4, 0.5) is 5.13 Å². The van der Waals surface area contributed by atoms with Crippen LogP contribution in [0.2, 0.25) is 0 Å². The van der Waals surface area contributed by atoms with Gasteiger partial charge in [0, 0.05) is 42.1 Å². The summed E-state index contributed by atoms with van der Waals surface area (Å²) < 4.78 is 0. The zero-order valence-electron chi connectivity index (χ0n) is 20.5. The Morgan fingerprint density at radius 1 is 1.14 bits per heavy atom. The predicted molar refractivity (Wildman–Crippen MR) is 143 cm³/mol. The molecule has 1 aliphatic rings. The van der Waals surface area contributed by atoms with Crippen LogP contribution >= 0.6 is 11.3 Å². The molecule has 1 aromatic heterocycles. The lowest BCUT2D eigenvalue weighted by atomic mass is 9.85. The Balaban J connectivity index is 1.53. The molecule has 3 aromatic rings. The molecule has 2 N–H and O–H groups in total. The van der Waals surface area contributed by atoms with Crippen molar-refractivity contribution in [2.75, 3.05) is 31.5 Å². The largest absolute Gasteiger partial charge is 0.339 e. The van der Waals surface area contributed by atoms with Crippen molar-refractivity contribution in [3.05, 3.63) is 87.4 Å². The fourth-order valence-electron chi connectivity index (χ4n) is 4.40. The van der Waals surface area contributed by atoms with E-state index in [4.69, 9.17) is 0 Å². The summed E-state index contributed by atoms with van der Waals surface area (Å²) in [6.07, 6.45) is 3.15. The molecule has 2 amide bonds. The maximum atomic E-state index is 12.8. The number of thiazole rings is 1. The number of nitrogens with one attached hydrogen (secondary N) is 2. The molecule has 1 atom stereocenters. The summed E-state index contributed by atoms with van der Waals surface area (Å²) in [7, 11) is 0. The Labute approximate surface area is 211 Å². The summed E-state index contributed by atoms with van der Waals surface area (Å²) in [6.45, 7) is 9.05. The molecule has 7 heteroatoms. The Hall–Kier alpha value is -3.29. The number of hydrogen-bond acceptors (Lipinski definition) is 5. The van der Waals surface area contributed by atoms with Crippen molar-refractivity contribution in [2.45, 2.75) is 33.1 Å². The molecule has 2 heterocycles. The van der Waals surface area contributed by atoms with E-state index in [9.17, 15) is 9.59 Å². The molecular formula is C28H32N4O2S. The van der Waals surface area contributed by atoms with Crippen molar-refractivity contribution < 1.29 is 9.59 Å². The van der Waals surface area contributed by atoms with E-state index in [-0.39, 0.29) is 17.7 Å². The first-order chi connectivity index (χ1) is 17.0. The predicted octanol–water partition coefficient (Wildman–Crippen LogP) is 5.35. The van der Waals surface area contributed by atoms with Crippen molar-refractivity contribution in [1.82, 2.24) is 15.2 Å². The molecular weight excluding hydrogens is 456 g/mol. The average molecular weight is 489 g/mol. The number of aryl methyl sites for hydroxylation is 1. The van der Waals surface area contributed by atoms with Gasteiger partial charge in [-0.1, -0.05) is 35.9 Å². The number of hydrogen-bond donors (Lipinski definition) is 2. The van der Waals surface area contributed by atoms with Crippen molar-refractivity contribution >= 4 is 34.4 Å². The highest BCUT2D eigenvalue weighted by Gasteiger charge is 2.22. The molecule has 0 aliphatic carbocycles. The van der Waals surface area contributed by atoms with Crippen molar-refractivity contribution in [3.8, 4) is 0 Å². The lowest BCUT2D eigenvalue weighted by molar-refractivity contribution is 0.0772. The van der Waals surface area contributed by atoms with Crippen LogP contribution in [0.1, 0.15) is 63.7 Å². The number of aromatic nitrogens is 1. The van der Waals surface area contributed by atoms with Gasteiger partial charge in [0.25, 0.3) is 11.8 Å². The number of carbonyl (C=O) groups is 2. The molecule has 0 spiro atoms. The molecule has 1 saturated heterocycles. The van der Waals surface area contributed by atoms with Crippen LogP contribution in [-0.2, 0) is 0 Å². The molecule has 1 aliphatic heterocycles. The summed E-state index contributed by atoms with van der Waals surface area (Å²) in [5.74, 6) is 0.0940. The quantitative estimate of drug-likeness (QED) is 0.470. The normalized spacial score (nSPS) is 16.8. The van der Waals surface area contributed by atoms with Crippen LogP contribution < -0.4 is 10.6 Å². The Morgan fingerprint density at radius 3 is 2.60 bits per heavy atom. The van der Waals surface area contributed by atoms with Gasteiger partial charge in [0.1, 0.15) is 0 Å². The standard InChI is InChI=1S/C28H32N4O2S/c1-4-32(5-2)27(34)21-11-9-20(10-12-21)15-23-13-14-29-17-25(23)22-7-6-8-24(16-22)26(33)31-28-30-19(3)18-35-28/h6-12,15-16,18,25,29H,4-5,13-14,17H2,1-3H3,(H,30,31,33). The smallest absolute Gasteiger partial charge is 0.257 e. The van der Waals surface area contributed by atoms with Gasteiger partial charge in [0.05, 0.1) is 5.69 Å². The zero-order chi connectivity index (χ0) is 24.8. The first-order valence-electron chi connectivity index (χ1n) is 12.1. The summed E-state index contributed by atoms with van der Waals surface area (Å²) in [5, 5.41) is 8.92. The van der Waals surface area contributed by atoms with Crippen LogP contribution in [0.5, 0.6) is 0 Å². The average Bonchev–Trinajstić information content (AvgIpc) is 3.30. The summed E-state index contributed by atoms with van der Waals surface area (Å²) in [4.78, 5) is 31.6. The van der Waals surface area contributed by atoms with Crippen LogP contribution in [0.15, 0.2) is 59.5 Å². The van der Waals surface area contributed by atoms with Crippen LogP contribution in [-0.4, -0.2) is 47.9 Å². The van der Waals surface area contributed by atoms with Gasteiger partial charge in [-0.05, 0) is 69.1 Å². The minimum atomic E-state index is -0.149. The minimum Gasteiger partial charge on any atom is -0.339 e. The maximum absolute atomic E-state index is 12.8. The van der Waals surface area contributed by atoms with E-state index < -0.39 is 0 Å². The van der Waals surface area contributed by atoms with Gasteiger partial charge < -0.3 is 10.2 Å². The third kappa shape index (κ3) is 6.05. The second-order valence-corrected chi connectivity index (χ2v) is 9.56. The zero-order valence-corrected chi connectivity index (χ0v) is 21.3. The van der Waals surface area contributed by atoms with E-state index in [0.29, 0.717) is 29.3 Å². The molecule has 1 fully saturated rings. The summed E-state index contributed by atoms with van der Waals surface area (Å²) >= 11 is 1.43. The summed E-state index contributed by atoms with van der Waals surface area (Å²) in [5.41, 5.74) is 5.74. The summed E-state index contributed by atoms with van der Waals surface area (Å²) in [6, 6.07) is 15.7. The fourth-order valence-corrected chi connectivity index (χ4v) is 5.08. The van der Waals surface area contributed by atoms with E-state index in [2.05, 4.69) is 27.8 Å². The van der Waals surface area contributed by atoms with Gasteiger partial charge in [-0.2, -0.15) is 0 Å². The Bertz CT molecular complexity index is 1210. The number of amides is 2. The molecule has 0 radical (unpaired) electrons. The topological polar surface area (TPSA) is 74.3 Å². The molecule has 182 valence electrons. The number of benzene rings is 2. The van der Waals surface area contributed by atoms with E-state index >= 15 is 0 Å². The number of anilines is 1. The monoisotopic (exact) mass is 488 g/mol. The van der Waals surface area contributed by atoms with Gasteiger partial charge in [-0.15, -0.1) is 11.3 Å². The lowest BCUT2D eigenvalue weighted by Crippen LogP contribution is -2.30. The highest BCUT2D eigenvalue weighted by molar-refractivity contribution is 7.13. The molecule has 6 nitrogen and oxygen atoms in total. The maximum Gasteiger partial charge on any atom is 0.257 e. The third-order valence-electron chi connectivity index (χ3n) is 6.34. The molecule has 2 aromatic carbocycles. The minimum absolute atomic E-state index is 0.0666. The van der Waals surface area contributed by atoms with E-state index in [0.717, 1.165) is 36.3 Å². The van der Waals surface area contributed by atoms with Crippen molar-refractivity contribution in [3.63, 3.8) is 0 Å². The number of nitrogens with zero attached hydrogens (tertiary/aromatic N) is 2. The van der Waals surface area contributed by atoms with Gasteiger partial charge in [-0.25, -0.2) is 4.98 Å². The molecule has 1 unspecified atom stereocenters. The van der Waals surface area contributed by atoms with Crippen molar-refractivity contribution in [2.24, 2.45) is 0 Å². The van der Waals surface area contributed by atoms with Gasteiger partial charge >= 0.3 is 0 Å². The highest BCUT2D eigenvalue weighted by Crippen LogP contribution is 2.31. The second-order valence-electron chi connectivity index (χ2n) is 8.70. The van der Waals surface area contributed by atoms with Crippen LogP contribution in [0.3, 0.4) is 0 Å². The Kier molecular flexibility index (Phi) is 8.10. The van der Waals surface area contributed by atoms with E-state index in [1.807, 2.05) is 73.5 Å². The SMILES string of the molecule is CCN(CC)C(=O)c1ccc(C=C2CCNCC2c2cccc(C(=O)Nc3nc(C)cs3)c2)cc1. The van der Waals surface area contributed by atoms with Crippen LogP contribution in [0.25, 0.3) is 6.08 Å². The van der Waals surface area contributed by atoms with Gasteiger partial charge in [0.2, 0.25) is 0 Å². The van der Waals surface area contributed by atoms with E-state index in [1.165, 1.54) is 16.9 Å². The van der Waals surface area contributed by atoms with Gasteiger partial charge in [-0.3, -0.25) is 14.9 Å². The third-order valence-corrected chi connectivity index (χ3v) is 7.21. The first kappa shape index (κ1) is 24.8. The molecule has 0 bridgehead atoms. The fraction of sp³-hybridized carbons (Fsp3) is 0.321. The number of carbonyl (C=O) groups excluding carboxylic acids is 2. The van der Waals surface area contributed by atoms with Crippen molar-refractivity contribution in [1.29, 1.82) is 0 Å². The molecule has 35 heavy (non-hydrogen) atoms. The number of rotatable bonds is 7.